The van der Waals surface area contributed by atoms with Crippen LogP contribution < -0.4 is 10.6 Å². The minimum absolute atomic E-state index is 0.0960. The van der Waals surface area contributed by atoms with Crippen LogP contribution in [0.2, 0.25) is 5.02 Å². The fourth-order valence-electron chi connectivity index (χ4n) is 3.41. The van der Waals surface area contributed by atoms with Gasteiger partial charge in [-0.1, -0.05) is 16.8 Å². The standard InChI is InChI=1S/C20H18ClF2N5O2/c1-28-10-14(24-20(29)25-16-7-6-13(22)8-15(16)23)9-17(28)19-26-18(27-30-19)11-2-4-12(21)5-3-11/h2-8,14,17H,9-10H2,1H3,(H2,24,25,29)/t14-,17-/m0/s1. The van der Waals surface area contributed by atoms with Gasteiger partial charge >= 0.3 is 6.03 Å². The van der Waals surface area contributed by atoms with Gasteiger partial charge in [0, 0.05) is 29.2 Å². The molecule has 1 saturated heterocycles. The molecule has 2 aromatic carbocycles. The summed E-state index contributed by atoms with van der Waals surface area (Å²) in [6.45, 7) is 0.544. The molecule has 1 aliphatic rings. The number of nitrogens with one attached hydrogen (secondary N) is 2. The Kier molecular flexibility index (Phi) is 5.65. The number of aromatic nitrogens is 2. The molecule has 0 aliphatic carbocycles. The zero-order valence-electron chi connectivity index (χ0n) is 15.9. The van der Waals surface area contributed by atoms with Crippen LogP contribution in [-0.2, 0) is 0 Å². The van der Waals surface area contributed by atoms with Gasteiger partial charge in [-0.05, 0) is 49.9 Å². The van der Waals surface area contributed by atoms with Crippen molar-refractivity contribution in [3.8, 4) is 11.4 Å². The summed E-state index contributed by atoms with van der Waals surface area (Å²) in [5, 5.41) is 9.82. The second-order valence-corrected chi connectivity index (χ2v) is 7.51. The minimum atomic E-state index is -0.841. The molecule has 0 spiro atoms. The number of carbonyl (C=O) groups excluding carboxylic acids is 1. The van der Waals surface area contributed by atoms with E-state index in [-0.39, 0.29) is 17.8 Å². The van der Waals surface area contributed by atoms with Crippen molar-refractivity contribution in [3.63, 3.8) is 0 Å². The van der Waals surface area contributed by atoms with Crippen LogP contribution in [0.5, 0.6) is 0 Å². The number of hydrogen-bond acceptors (Lipinski definition) is 5. The summed E-state index contributed by atoms with van der Waals surface area (Å²) < 4.78 is 32.1. The van der Waals surface area contributed by atoms with Gasteiger partial charge in [-0.15, -0.1) is 0 Å². The van der Waals surface area contributed by atoms with Gasteiger partial charge < -0.3 is 15.2 Å². The number of amides is 2. The maximum absolute atomic E-state index is 13.7. The fourth-order valence-corrected chi connectivity index (χ4v) is 3.54. The average molecular weight is 434 g/mol. The first-order valence-corrected chi connectivity index (χ1v) is 9.59. The van der Waals surface area contributed by atoms with E-state index in [4.69, 9.17) is 16.1 Å². The molecule has 1 aromatic heterocycles. The summed E-state index contributed by atoms with van der Waals surface area (Å²) >= 11 is 5.90. The van der Waals surface area contributed by atoms with Crippen molar-refractivity contribution < 1.29 is 18.1 Å². The Morgan fingerprint density at radius 3 is 2.73 bits per heavy atom. The number of halogens is 3. The van der Waals surface area contributed by atoms with E-state index in [9.17, 15) is 13.6 Å². The van der Waals surface area contributed by atoms with Crippen molar-refractivity contribution in [2.24, 2.45) is 0 Å². The maximum atomic E-state index is 13.7. The lowest BCUT2D eigenvalue weighted by Gasteiger charge is -2.14. The number of rotatable bonds is 4. The van der Waals surface area contributed by atoms with E-state index >= 15 is 0 Å². The lowest BCUT2D eigenvalue weighted by Crippen LogP contribution is -2.39. The molecule has 1 fully saturated rings. The Labute approximate surface area is 176 Å². The molecule has 1 aliphatic heterocycles. The van der Waals surface area contributed by atoms with Crippen molar-refractivity contribution in [1.82, 2.24) is 20.4 Å². The topological polar surface area (TPSA) is 83.3 Å². The van der Waals surface area contributed by atoms with Crippen LogP contribution in [0.25, 0.3) is 11.4 Å². The van der Waals surface area contributed by atoms with Crippen LogP contribution in [0.4, 0.5) is 19.3 Å². The largest absolute Gasteiger partial charge is 0.337 e. The third-order valence-corrected chi connectivity index (χ3v) is 5.14. The minimum Gasteiger partial charge on any atom is -0.337 e. The molecule has 2 N–H and O–H groups in total. The Morgan fingerprint density at radius 1 is 1.23 bits per heavy atom. The predicted molar refractivity (Wildman–Crippen MR) is 107 cm³/mol. The van der Waals surface area contributed by atoms with Gasteiger partial charge in [0.25, 0.3) is 0 Å². The Balaban J connectivity index is 1.39. The van der Waals surface area contributed by atoms with Gasteiger partial charge in [-0.2, -0.15) is 4.98 Å². The van der Waals surface area contributed by atoms with E-state index in [0.717, 1.165) is 11.6 Å². The molecule has 0 unspecified atom stereocenters. The number of likely N-dealkylation sites (N-methyl/N-ethyl adjacent to an activating group) is 1. The molecule has 0 saturated carbocycles. The van der Waals surface area contributed by atoms with E-state index in [1.54, 1.807) is 24.3 Å². The van der Waals surface area contributed by atoms with E-state index in [1.165, 1.54) is 6.07 Å². The third-order valence-electron chi connectivity index (χ3n) is 4.89. The highest BCUT2D eigenvalue weighted by atomic mass is 35.5. The van der Waals surface area contributed by atoms with E-state index in [0.29, 0.717) is 35.8 Å². The predicted octanol–water partition coefficient (Wildman–Crippen LogP) is 4.24. The number of anilines is 1. The highest BCUT2D eigenvalue weighted by Crippen LogP contribution is 2.31. The van der Waals surface area contributed by atoms with Crippen molar-refractivity contribution in [2.75, 3.05) is 18.9 Å². The quantitative estimate of drug-likeness (QED) is 0.643. The monoisotopic (exact) mass is 433 g/mol. The van der Waals surface area contributed by atoms with Gasteiger partial charge in [0.2, 0.25) is 11.7 Å². The summed E-state index contributed by atoms with van der Waals surface area (Å²) in [4.78, 5) is 18.7. The average Bonchev–Trinajstić information content (AvgIpc) is 3.31. The molecule has 2 atom stereocenters. The van der Waals surface area contributed by atoms with E-state index in [1.807, 2.05) is 11.9 Å². The molecule has 30 heavy (non-hydrogen) atoms. The van der Waals surface area contributed by atoms with Gasteiger partial charge in [-0.25, -0.2) is 13.6 Å². The van der Waals surface area contributed by atoms with E-state index < -0.39 is 17.7 Å². The number of hydrogen-bond donors (Lipinski definition) is 2. The zero-order chi connectivity index (χ0) is 21.3. The van der Waals surface area contributed by atoms with Crippen LogP contribution in [0.15, 0.2) is 47.0 Å². The molecule has 10 heteroatoms. The second kappa shape index (κ2) is 8.37. The number of likely N-dealkylation sites (tertiary alicyclic amines) is 1. The molecule has 156 valence electrons. The summed E-state index contributed by atoms with van der Waals surface area (Å²) in [7, 11) is 1.88. The zero-order valence-corrected chi connectivity index (χ0v) is 16.7. The molecule has 4 rings (SSSR count). The van der Waals surface area contributed by atoms with E-state index in [2.05, 4.69) is 20.8 Å². The SMILES string of the molecule is CN1C[C@@H](NC(=O)Nc2ccc(F)cc2F)C[C@H]1c1nc(-c2ccc(Cl)cc2)no1. The van der Waals surface area contributed by atoms with Crippen molar-refractivity contribution in [2.45, 2.75) is 18.5 Å². The highest BCUT2D eigenvalue weighted by Gasteiger charge is 2.35. The number of nitrogens with zero attached hydrogens (tertiary/aromatic N) is 3. The van der Waals surface area contributed by atoms with Crippen molar-refractivity contribution in [3.05, 3.63) is 65.0 Å². The molecule has 3 aromatic rings. The summed E-state index contributed by atoms with van der Waals surface area (Å²) in [5.41, 5.74) is 0.687. The van der Waals surface area contributed by atoms with Crippen LogP contribution in [0.3, 0.4) is 0 Å². The molecule has 7 nitrogen and oxygen atoms in total. The number of urea groups is 1. The van der Waals surface area contributed by atoms with Gasteiger partial charge in [-0.3, -0.25) is 4.90 Å². The van der Waals surface area contributed by atoms with Crippen LogP contribution in [0.1, 0.15) is 18.4 Å². The third kappa shape index (κ3) is 4.42. The molecule has 0 bridgehead atoms. The Hall–Kier alpha value is -3.04. The summed E-state index contributed by atoms with van der Waals surface area (Å²) in [6, 6.07) is 9.10. The lowest BCUT2D eigenvalue weighted by atomic mass is 10.1. The molecule has 0 radical (unpaired) electrons. The van der Waals surface area contributed by atoms with Crippen molar-refractivity contribution in [1.29, 1.82) is 0 Å². The number of benzene rings is 2. The highest BCUT2D eigenvalue weighted by molar-refractivity contribution is 6.30. The second-order valence-electron chi connectivity index (χ2n) is 7.07. The van der Waals surface area contributed by atoms with Crippen molar-refractivity contribution >= 4 is 23.3 Å². The Bertz CT molecular complexity index is 1060. The summed E-state index contributed by atoms with van der Waals surface area (Å²) in [6.07, 6.45) is 0.540. The summed E-state index contributed by atoms with van der Waals surface area (Å²) in [5.74, 6) is -0.656. The maximum Gasteiger partial charge on any atom is 0.319 e. The first kappa shape index (κ1) is 20.2. The Morgan fingerprint density at radius 2 is 2.00 bits per heavy atom. The first-order valence-electron chi connectivity index (χ1n) is 9.21. The normalized spacial score (nSPS) is 19.1. The number of carbonyl (C=O) groups is 1. The van der Waals surface area contributed by atoms with Gasteiger partial charge in [0.05, 0.1) is 11.7 Å². The van der Waals surface area contributed by atoms with Crippen LogP contribution >= 0.6 is 11.6 Å². The first-order chi connectivity index (χ1) is 14.4. The smallest absolute Gasteiger partial charge is 0.319 e. The lowest BCUT2D eigenvalue weighted by molar-refractivity contribution is 0.243. The van der Waals surface area contributed by atoms with Crippen LogP contribution in [-0.4, -0.2) is 40.7 Å². The molecular formula is C20H18ClF2N5O2. The van der Waals surface area contributed by atoms with Gasteiger partial charge in [0.15, 0.2) is 0 Å². The molecule has 2 amide bonds. The molecule has 2 heterocycles. The van der Waals surface area contributed by atoms with Crippen LogP contribution in [0, 0.1) is 11.6 Å². The molecular weight excluding hydrogens is 416 g/mol. The van der Waals surface area contributed by atoms with Gasteiger partial charge in [0.1, 0.15) is 11.6 Å². The fraction of sp³-hybridized carbons (Fsp3) is 0.250.